The number of rotatable bonds is 4. The molecule has 0 aliphatic carbocycles. The number of hydrogen-bond donors (Lipinski definition) is 3. The summed E-state index contributed by atoms with van der Waals surface area (Å²) in [5.41, 5.74) is 8.75. The van der Waals surface area contributed by atoms with Gasteiger partial charge in [0.15, 0.2) is 0 Å². The lowest BCUT2D eigenvalue weighted by atomic mass is 10.2. The molecule has 3 N–H and O–H groups in total. The number of hydrogen-bond acceptors (Lipinski definition) is 2. The smallest absolute Gasteiger partial charge is 0.0978 e. The Bertz CT molecular complexity index is 386. The van der Waals surface area contributed by atoms with Crippen molar-refractivity contribution in [1.29, 1.82) is 0 Å². The zero-order valence-electron chi connectivity index (χ0n) is 10.1. The minimum atomic E-state index is 0.759. The van der Waals surface area contributed by atoms with Crippen LogP contribution in [0.2, 0.25) is 5.02 Å². The standard InChI is InChI=1S/C13H18ClN3/c1-2-17-9-7-13(8-10-17)16-15-12-5-3-11(14)4-6-12/h3-7,15-16H,2,8-10H2,1H3/p+1. The molecule has 92 valence electrons. The predicted molar refractivity (Wildman–Crippen MR) is 72.1 cm³/mol. The van der Waals surface area contributed by atoms with E-state index in [1.54, 1.807) is 4.90 Å². The lowest BCUT2D eigenvalue weighted by Crippen LogP contribution is -3.12. The van der Waals surface area contributed by atoms with E-state index in [2.05, 4.69) is 23.9 Å². The van der Waals surface area contributed by atoms with Crippen LogP contribution in [0.3, 0.4) is 0 Å². The van der Waals surface area contributed by atoms with Crippen LogP contribution in [-0.2, 0) is 0 Å². The summed E-state index contributed by atoms with van der Waals surface area (Å²) in [5, 5.41) is 0.759. The van der Waals surface area contributed by atoms with Gasteiger partial charge in [-0.1, -0.05) is 11.6 Å². The van der Waals surface area contributed by atoms with Crippen LogP contribution in [-0.4, -0.2) is 19.6 Å². The quantitative estimate of drug-likeness (QED) is 0.708. The molecule has 0 saturated heterocycles. The minimum absolute atomic E-state index is 0.759. The van der Waals surface area contributed by atoms with Crippen molar-refractivity contribution in [1.82, 2.24) is 5.43 Å². The topological polar surface area (TPSA) is 28.5 Å². The third-order valence-electron chi connectivity index (χ3n) is 3.10. The van der Waals surface area contributed by atoms with Crippen LogP contribution in [0.1, 0.15) is 13.3 Å². The van der Waals surface area contributed by atoms with Crippen molar-refractivity contribution in [2.45, 2.75) is 13.3 Å². The maximum absolute atomic E-state index is 5.83. The van der Waals surface area contributed by atoms with Crippen LogP contribution in [0.25, 0.3) is 0 Å². The summed E-state index contributed by atoms with van der Waals surface area (Å²) in [6, 6.07) is 7.68. The zero-order chi connectivity index (χ0) is 12.1. The van der Waals surface area contributed by atoms with Gasteiger partial charge in [0.2, 0.25) is 0 Å². The molecular formula is C13H19ClN3+. The number of anilines is 1. The van der Waals surface area contributed by atoms with Gasteiger partial charge in [-0.3, -0.25) is 0 Å². The van der Waals surface area contributed by atoms with Crippen LogP contribution in [0.5, 0.6) is 0 Å². The van der Waals surface area contributed by atoms with E-state index in [0.29, 0.717) is 0 Å². The van der Waals surface area contributed by atoms with E-state index in [0.717, 1.165) is 23.7 Å². The Morgan fingerprint density at radius 2 is 2.00 bits per heavy atom. The van der Waals surface area contributed by atoms with Crippen LogP contribution in [0, 0.1) is 0 Å². The Labute approximate surface area is 107 Å². The number of nitrogens with one attached hydrogen (secondary N) is 3. The van der Waals surface area contributed by atoms with Gasteiger partial charge in [0.1, 0.15) is 0 Å². The largest absolute Gasteiger partial charge is 0.332 e. The highest BCUT2D eigenvalue weighted by Gasteiger charge is 2.12. The number of hydrazine groups is 1. The van der Waals surface area contributed by atoms with Gasteiger partial charge < -0.3 is 15.8 Å². The van der Waals surface area contributed by atoms with Crippen molar-refractivity contribution in [2.24, 2.45) is 0 Å². The van der Waals surface area contributed by atoms with Crippen molar-refractivity contribution < 1.29 is 4.90 Å². The molecule has 0 fully saturated rings. The average molecular weight is 253 g/mol. The number of halogens is 1. The summed E-state index contributed by atoms with van der Waals surface area (Å²) in [4.78, 5) is 1.64. The second-order valence-corrected chi connectivity index (χ2v) is 4.73. The van der Waals surface area contributed by atoms with Crippen molar-refractivity contribution in [3.05, 3.63) is 41.1 Å². The van der Waals surface area contributed by atoms with Crippen LogP contribution in [0.15, 0.2) is 36.0 Å². The first-order valence-electron chi connectivity index (χ1n) is 6.08. The van der Waals surface area contributed by atoms with Crippen molar-refractivity contribution in [3.8, 4) is 0 Å². The molecule has 0 saturated carbocycles. The first-order chi connectivity index (χ1) is 8.28. The first-order valence-corrected chi connectivity index (χ1v) is 6.46. The molecule has 0 bridgehead atoms. The summed E-state index contributed by atoms with van der Waals surface area (Å²) >= 11 is 5.83. The molecule has 1 aliphatic rings. The van der Waals surface area contributed by atoms with Gasteiger partial charge in [0.25, 0.3) is 0 Å². The maximum Gasteiger partial charge on any atom is 0.0978 e. The summed E-state index contributed by atoms with van der Waals surface area (Å²) < 4.78 is 0. The van der Waals surface area contributed by atoms with Gasteiger partial charge in [-0.25, -0.2) is 0 Å². The van der Waals surface area contributed by atoms with Gasteiger partial charge in [0, 0.05) is 17.1 Å². The van der Waals surface area contributed by atoms with Gasteiger partial charge >= 0.3 is 0 Å². The number of likely N-dealkylation sites (N-methyl/N-ethyl adjacent to an activating group) is 1. The molecule has 1 aromatic rings. The third-order valence-corrected chi connectivity index (χ3v) is 3.35. The second kappa shape index (κ2) is 5.94. The lowest BCUT2D eigenvalue weighted by Gasteiger charge is -2.23. The molecule has 1 atom stereocenters. The highest BCUT2D eigenvalue weighted by atomic mass is 35.5. The lowest BCUT2D eigenvalue weighted by molar-refractivity contribution is -0.893. The first kappa shape index (κ1) is 12.3. The molecule has 0 aromatic heterocycles. The SMILES string of the molecule is CC[NH+]1CC=C(NNc2ccc(Cl)cc2)CC1. The molecule has 1 aromatic carbocycles. The molecule has 0 amide bonds. The molecule has 1 heterocycles. The average Bonchev–Trinajstić information content (AvgIpc) is 2.39. The van der Waals surface area contributed by atoms with E-state index in [1.807, 2.05) is 24.3 Å². The molecule has 17 heavy (non-hydrogen) atoms. The molecule has 0 spiro atoms. The van der Waals surface area contributed by atoms with Crippen molar-refractivity contribution >= 4 is 17.3 Å². The van der Waals surface area contributed by atoms with E-state index in [1.165, 1.54) is 18.8 Å². The molecule has 1 aliphatic heterocycles. The Morgan fingerprint density at radius 1 is 1.24 bits per heavy atom. The van der Waals surface area contributed by atoms with Gasteiger partial charge in [-0.2, -0.15) is 0 Å². The fraction of sp³-hybridized carbons (Fsp3) is 0.385. The third kappa shape index (κ3) is 3.65. The van der Waals surface area contributed by atoms with Gasteiger partial charge in [-0.05, 0) is 37.3 Å². The molecule has 4 heteroatoms. The highest BCUT2D eigenvalue weighted by Crippen LogP contribution is 2.12. The summed E-state index contributed by atoms with van der Waals surface area (Å²) in [6.45, 7) is 5.75. The van der Waals surface area contributed by atoms with Crippen LogP contribution >= 0.6 is 11.6 Å². The Hall–Kier alpha value is -1.19. The number of quaternary nitrogens is 1. The van der Waals surface area contributed by atoms with E-state index in [-0.39, 0.29) is 0 Å². The second-order valence-electron chi connectivity index (χ2n) is 4.29. The van der Waals surface area contributed by atoms with Crippen LogP contribution < -0.4 is 15.8 Å². The monoisotopic (exact) mass is 252 g/mol. The van der Waals surface area contributed by atoms with E-state index >= 15 is 0 Å². The summed E-state index contributed by atoms with van der Waals surface area (Å²) in [7, 11) is 0. The Morgan fingerprint density at radius 3 is 2.59 bits per heavy atom. The fourth-order valence-corrected chi connectivity index (χ4v) is 2.03. The van der Waals surface area contributed by atoms with Crippen molar-refractivity contribution in [2.75, 3.05) is 25.1 Å². The minimum Gasteiger partial charge on any atom is -0.332 e. The number of benzene rings is 1. The predicted octanol–water partition coefficient (Wildman–Crippen LogP) is 1.45. The van der Waals surface area contributed by atoms with Crippen LogP contribution in [0.4, 0.5) is 5.69 Å². The normalized spacial score (nSPS) is 19.6. The van der Waals surface area contributed by atoms with E-state index in [4.69, 9.17) is 11.6 Å². The van der Waals surface area contributed by atoms with E-state index in [9.17, 15) is 0 Å². The van der Waals surface area contributed by atoms with Gasteiger partial charge in [-0.15, -0.1) is 0 Å². The van der Waals surface area contributed by atoms with Gasteiger partial charge in [0.05, 0.1) is 25.3 Å². The maximum atomic E-state index is 5.83. The highest BCUT2D eigenvalue weighted by molar-refractivity contribution is 6.30. The molecular weight excluding hydrogens is 234 g/mol. The zero-order valence-corrected chi connectivity index (χ0v) is 10.8. The molecule has 1 unspecified atom stereocenters. The Balaban J connectivity index is 1.83. The summed E-state index contributed by atoms with van der Waals surface area (Å²) in [6.07, 6.45) is 3.37. The summed E-state index contributed by atoms with van der Waals surface area (Å²) in [5.74, 6) is 0. The molecule has 2 rings (SSSR count). The van der Waals surface area contributed by atoms with Crippen molar-refractivity contribution in [3.63, 3.8) is 0 Å². The fourth-order valence-electron chi connectivity index (χ4n) is 1.90. The Kier molecular flexibility index (Phi) is 4.29. The molecule has 0 radical (unpaired) electrons. The van der Waals surface area contributed by atoms with E-state index < -0.39 is 0 Å². The molecule has 3 nitrogen and oxygen atoms in total.